The second kappa shape index (κ2) is 8.40. The Morgan fingerprint density at radius 1 is 1.21 bits per heavy atom. The maximum absolute atomic E-state index is 12.9. The highest BCUT2D eigenvalue weighted by Gasteiger charge is 2.47. The Labute approximate surface area is 176 Å². The lowest BCUT2D eigenvalue weighted by Gasteiger charge is -2.54. The molecule has 3 saturated heterocycles. The van der Waals surface area contributed by atoms with E-state index in [2.05, 4.69) is 15.5 Å². The standard InChI is InChI=1S/C21H27N3O4.ClH/c25-19-6-2-4-16-13-9-14(11-22-10-13)17(24(16)19)12-23-21(26)15-3-1-5-18-20(15)28-8-7-27-18;/h1,3,5,13-14,16-17,22H,2,4,6-12H2,(H,23,26);1H/t13-,14+,16+,17+;/m1./s1. The zero-order chi connectivity index (χ0) is 19.1. The normalized spacial score (nSPS) is 30.1. The Balaban J connectivity index is 0.00000205. The van der Waals surface area contributed by atoms with Crippen LogP contribution in [0.1, 0.15) is 36.0 Å². The summed E-state index contributed by atoms with van der Waals surface area (Å²) in [7, 11) is 0. The molecule has 29 heavy (non-hydrogen) atoms. The maximum atomic E-state index is 12.9. The van der Waals surface area contributed by atoms with E-state index in [0.717, 1.165) is 32.4 Å². The number of benzene rings is 1. The van der Waals surface area contributed by atoms with Gasteiger partial charge in [0.2, 0.25) is 5.91 Å². The molecule has 0 saturated carbocycles. The van der Waals surface area contributed by atoms with Gasteiger partial charge in [0.15, 0.2) is 11.5 Å². The molecule has 4 atom stereocenters. The number of nitrogens with one attached hydrogen (secondary N) is 2. The number of ether oxygens (including phenoxy) is 2. The predicted octanol–water partition coefficient (Wildman–Crippen LogP) is 1.60. The molecule has 1 aromatic carbocycles. The van der Waals surface area contributed by atoms with E-state index in [1.54, 1.807) is 6.07 Å². The average Bonchev–Trinajstić information content (AvgIpc) is 2.74. The lowest BCUT2D eigenvalue weighted by atomic mass is 9.72. The van der Waals surface area contributed by atoms with Gasteiger partial charge in [-0.25, -0.2) is 0 Å². The molecule has 5 rings (SSSR count). The minimum atomic E-state index is -0.172. The molecule has 0 radical (unpaired) electrons. The summed E-state index contributed by atoms with van der Waals surface area (Å²) in [5.74, 6) is 2.14. The minimum Gasteiger partial charge on any atom is -0.486 e. The summed E-state index contributed by atoms with van der Waals surface area (Å²) in [6.07, 6.45) is 3.82. The van der Waals surface area contributed by atoms with Gasteiger partial charge in [-0.05, 0) is 49.8 Å². The first kappa shape index (κ1) is 20.3. The first-order chi connectivity index (χ1) is 13.7. The molecule has 4 aliphatic heterocycles. The lowest BCUT2D eigenvalue weighted by Crippen LogP contribution is -2.66. The van der Waals surface area contributed by atoms with Gasteiger partial charge in [0, 0.05) is 25.6 Å². The second-order valence-electron chi connectivity index (χ2n) is 8.28. The Morgan fingerprint density at radius 2 is 2.03 bits per heavy atom. The fourth-order valence-electron chi connectivity index (χ4n) is 5.44. The third-order valence-corrected chi connectivity index (χ3v) is 6.68. The smallest absolute Gasteiger partial charge is 0.255 e. The Morgan fingerprint density at radius 3 is 2.93 bits per heavy atom. The van der Waals surface area contributed by atoms with Gasteiger partial charge in [-0.15, -0.1) is 12.4 Å². The zero-order valence-corrected chi connectivity index (χ0v) is 17.2. The summed E-state index contributed by atoms with van der Waals surface area (Å²) in [4.78, 5) is 27.8. The third kappa shape index (κ3) is 3.66. The summed E-state index contributed by atoms with van der Waals surface area (Å²) < 4.78 is 11.3. The maximum Gasteiger partial charge on any atom is 0.255 e. The van der Waals surface area contributed by atoms with Crippen LogP contribution in [0.25, 0.3) is 0 Å². The van der Waals surface area contributed by atoms with Gasteiger partial charge < -0.3 is 25.0 Å². The largest absolute Gasteiger partial charge is 0.486 e. The van der Waals surface area contributed by atoms with Crippen LogP contribution in [0, 0.1) is 11.8 Å². The number of carbonyl (C=O) groups excluding carboxylic acids is 2. The molecule has 0 spiro atoms. The van der Waals surface area contributed by atoms with E-state index in [9.17, 15) is 9.59 Å². The summed E-state index contributed by atoms with van der Waals surface area (Å²) >= 11 is 0. The van der Waals surface area contributed by atoms with Crippen LogP contribution in [0.3, 0.4) is 0 Å². The van der Waals surface area contributed by atoms with Crippen molar-refractivity contribution in [1.29, 1.82) is 0 Å². The van der Waals surface area contributed by atoms with Crippen LogP contribution in [-0.2, 0) is 4.79 Å². The first-order valence-corrected chi connectivity index (χ1v) is 10.4. The van der Waals surface area contributed by atoms with Gasteiger partial charge in [-0.3, -0.25) is 9.59 Å². The summed E-state index contributed by atoms with van der Waals surface area (Å²) in [6, 6.07) is 5.76. The number of halogens is 1. The predicted molar refractivity (Wildman–Crippen MR) is 110 cm³/mol. The summed E-state index contributed by atoms with van der Waals surface area (Å²) in [6.45, 7) is 3.32. The number of rotatable bonds is 3. The number of hydrogen-bond donors (Lipinski definition) is 2. The van der Waals surface area contributed by atoms with Crippen LogP contribution in [0.4, 0.5) is 0 Å². The number of para-hydroxylation sites is 1. The molecule has 0 unspecified atom stereocenters. The quantitative estimate of drug-likeness (QED) is 0.775. The summed E-state index contributed by atoms with van der Waals surface area (Å²) in [5.41, 5.74) is 0.495. The van der Waals surface area contributed by atoms with E-state index in [1.165, 1.54) is 0 Å². The highest BCUT2D eigenvalue weighted by atomic mass is 35.5. The molecule has 8 heteroatoms. The fourth-order valence-corrected chi connectivity index (χ4v) is 5.44. The van der Waals surface area contributed by atoms with E-state index >= 15 is 0 Å². The third-order valence-electron chi connectivity index (χ3n) is 6.68. The topological polar surface area (TPSA) is 79.9 Å². The fraction of sp³-hybridized carbons (Fsp3) is 0.619. The Hall–Kier alpha value is -1.99. The number of fused-ring (bicyclic) bond motifs is 5. The van der Waals surface area contributed by atoms with Gasteiger partial charge in [-0.1, -0.05) is 6.07 Å². The van der Waals surface area contributed by atoms with E-state index in [-0.39, 0.29) is 30.3 Å². The van der Waals surface area contributed by atoms with E-state index in [0.29, 0.717) is 61.1 Å². The number of amides is 2. The Kier molecular flexibility index (Phi) is 5.88. The van der Waals surface area contributed by atoms with Crippen molar-refractivity contribution >= 4 is 24.2 Å². The molecule has 2 bridgehead atoms. The first-order valence-electron chi connectivity index (χ1n) is 10.4. The van der Waals surface area contributed by atoms with Crippen LogP contribution < -0.4 is 20.1 Å². The van der Waals surface area contributed by atoms with Gasteiger partial charge in [0.1, 0.15) is 13.2 Å². The number of carbonyl (C=O) groups is 2. The van der Waals surface area contributed by atoms with Crippen LogP contribution >= 0.6 is 12.4 Å². The van der Waals surface area contributed by atoms with Crippen molar-refractivity contribution in [3.05, 3.63) is 23.8 Å². The number of nitrogens with zero attached hydrogens (tertiary/aromatic N) is 1. The highest BCUT2D eigenvalue weighted by Crippen LogP contribution is 2.39. The van der Waals surface area contributed by atoms with Gasteiger partial charge in [0.25, 0.3) is 5.91 Å². The van der Waals surface area contributed by atoms with E-state index < -0.39 is 0 Å². The molecule has 7 nitrogen and oxygen atoms in total. The van der Waals surface area contributed by atoms with Crippen LogP contribution in [-0.4, -0.2) is 61.6 Å². The molecule has 0 aliphatic carbocycles. The molecular formula is C21H28ClN3O4. The molecule has 0 aromatic heterocycles. The van der Waals surface area contributed by atoms with Crippen LogP contribution in [0.5, 0.6) is 11.5 Å². The van der Waals surface area contributed by atoms with Crippen molar-refractivity contribution in [2.45, 2.75) is 37.8 Å². The minimum absolute atomic E-state index is 0. The number of piperidine rings is 3. The van der Waals surface area contributed by atoms with Crippen LogP contribution in [0.15, 0.2) is 18.2 Å². The second-order valence-corrected chi connectivity index (χ2v) is 8.28. The highest BCUT2D eigenvalue weighted by molar-refractivity contribution is 5.98. The molecule has 4 aliphatic rings. The van der Waals surface area contributed by atoms with Crippen molar-refractivity contribution in [2.75, 3.05) is 32.8 Å². The average molecular weight is 422 g/mol. The van der Waals surface area contributed by atoms with Crippen molar-refractivity contribution in [1.82, 2.24) is 15.5 Å². The molecule has 158 valence electrons. The molecule has 2 amide bonds. The lowest BCUT2D eigenvalue weighted by molar-refractivity contribution is -0.148. The van der Waals surface area contributed by atoms with Crippen molar-refractivity contribution in [3.8, 4) is 11.5 Å². The SMILES string of the molecule is Cl.O=C(NC[C@H]1[C@@H]2CNC[C@@H](C2)[C@@H]2CCCC(=O)N21)c1cccc2c1OCCO2. The molecule has 2 N–H and O–H groups in total. The monoisotopic (exact) mass is 421 g/mol. The molecule has 4 heterocycles. The van der Waals surface area contributed by atoms with E-state index in [1.807, 2.05) is 12.1 Å². The summed E-state index contributed by atoms with van der Waals surface area (Å²) in [5, 5.41) is 6.62. The Bertz CT molecular complexity index is 789. The van der Waals surface area contributed by atoms with Gasteiger partial charge >= 0.3 is 0 Å². The van der Waals surface area contributed by atoms with Crippen molar-refractivity contribution in [3.63, 3.8) is 0 Å². The molecular weight excluding hydrogens is 394 g/mol. The van der Waals surface area contributed by atoms with Crippen molar-refractivity contribution in [2.24, 2.45) is 11.8 Å². The molecule has 3 fully saturated rings. The van der Waals surface area contributed by atoms with Gasteiger partial charge in [-0.2, -0.15) is 0 Å². The number of hydrogen-bond acceptors (Lipinski definition) is 5. The van der Waals surface area contributed by atoms with Gasteiger partial charge in [0.05, 0.1) is 11.6 Å². The van der Waals surface area contributed by atoms with E-state index in [4.69, 9.17) is 9.47 Å². The van der Waals surface area contributed by atoms with Crippen LogP contribution in [0.2, 0.25) is 0 Å². The van der Waals surface area contributed by atoms with Crippen molar-refractivity contribution < 1.29 is 19.1 Å². The zero-order valence-electron chi connectivity index (χ0n) is 16.4. The molecule has 1 aromatic rings.